The Morgan fingerprint density at radius 2 is 1.65 bits per heavy atom. The highest BCUT2D eigenvalue weighted by molar-refractivity contribution is 5.91. The van der Waals surface area contributed by atoms with Crippen molar-refractivity contribution in [3.05, 3.63) is 71.3 Å². The maximum atomic E-state index is 12.0. The second kappa shape index (κ2) is 10.4. The smallest absolute Gasteiger partial charge is 0.338 e. The number of esters is 1. The Morgan fingerprint density at radius 3 is 2.31 bits per heavy atom. The van der Waals surface area contributed by atoms with Crippen LogP contribution >= 0.6 is 0 Å². The lowest BCUT2D eigenvalue weighted by Gasteiger charge is -2.09. The van der Waals surface area contributed by atoms with E-state index in [0.717, 1.165) is 17.5 Å². The van der Waals surface area contributed by atoms with Crippen molar-refractivity contribution >= 4 is 11.9 Å². The van der Waals surface area contributed by atoms with E-state index >= 15 is 0 Å². The molecule has 2 aromatic carbocycles. The van der Waals surface area contributed by atoms with Gasteiger partial charge >= 0.3 is 5.97 Å². The van der Waals surface area contributed by atoms with E-state index in [9.17, 15) is 9.59 Å². The van der Waals surface area contributed by atoms with Gasteiger partial charge in [-0.15, -0.1) is 0 Å². The van der Waals surface area contributed by atoms with Crippen LogP contribution in [0, 0.1) is 0 Å². The number of benzene rings is 2. The molecule has 1 amide bonds. The molecule has 0 aliphatic rings. The van der Waals surface area contributed by atoms with Gasteiger partial charge in [-0.3, -0.25) is 4.79 Å². The fraction of sp³-hybridized carbons (Fsp3) is 0.333. The summed E-state index contributed by atoms with van der Waals surface area (Å²) < 4.78 is 10.6. The Hall–Kier alpha value is -2.66. The second-order valence-electron chi connectivity index (χ2n) is 6.22. The molecule has 138 valence electrons. The van der Waals surface area contributed by atoms with E-state index in [4.69, 9.17) is 9.47 Å². The van der Waals surface area contributed by atoms with E-state index in [1.165, 1.54) is 0 Å². The summed E-state index contributed by atoms with van der Waals surface area (Å²) in [6.07, 6.45) is 0.889. The van der Waals surface area contributed by atoms with Crippen LogP contribution in [-0.4, -0.2) is 31.1 Å². The molecule has 2 rings (SSSR count). The molecule has 0 unspecified atom stereocenters. The van der Waals surface area contributed by atoms with Gasteiger partial charge in [-0.2, -0.15) is 0 Å². The average molecular weight is 355 g/mol. The molecule has 2 aromatic rings. The molecule has 0 bridgehead atoms. The van der Waals surface area contributed by atoms with Crippen LogP contribution in [0.1, 0.15) is 35.3 Å². The van der Waals surface area contributed by atoms with E-state index in [0.29, 0.717) is 18.7 Å². The van der Waals surface area contributed by atoms with Gasteiger partial charge in [-0.1, -0.05) is 42.5 Å². The van der Waals surface area contributed by atoms with Crippen LogP contribution in [0.15, 0.2) is 54.6 Å². The first-order valence-corrected chi connectivity index (χ1v) is 8.73. The molecule has 1 N–H and O–H groups in total. The SMILES string of the molecule is CC(C)OCc1ccc(C(=O)OCC(=O)NCCc2ccccc2)cc1. The first-order valence-electron chi connectivity index (χ1n) is 8.73. The molecule has 0 spiro atoms. The van der Waals surface area contributed by atoms with Crippen molar-refractivity contribution in [1.82, 2.24) is 5.32 Å². The molecule has 0 saturated carbocycles. The van der Waals surface area contributed by atoms with Gasteiger partial charge in [-0.05, 0) is 43.5 Å². The Kier molecular flexibility index (Phi) is 7.83. The van der Waals surface area contributed by atoms with Gasteiger partial charge < -0.3 is 14.8 Å². The minimum absolute atomic E-state index is 0.153. The minimum Gasteiger partial charge on any atom is -0.452 e. The van der Waals surface area contributed by atoms with Crippen molar-refractivity contribution < 1.29 is 19.1 Å². The molecular formula is C21H25NO4. The molecule has 0 radical (unpaired) electrons. The minimum atomic E-state index is -0.514. The number of ether oxygens (including phenoxy) is 2. The molecule has 26 heavy (non-hydrogen) atoms. The van der Waals surface area contributed by atoms with Crippen molar-refractivity contribution in [2.45, 2.75) is 33.0 Å². The van der Waals surface area contributed by atoms with Crippen LogP contribution in [-0.2, 0) is 27.3 Å². The van der Waals surface area contributed by atoms with Crippen molar-refractivity contribution in [2.75, 3.05) is 13.2 Å². The first kappa shape index (κ1) is 19.7. The average Bonchev–Trinajstić information content (AvgIpc) is 2.65. The topological polar surface area (TPSA) is 64.6 Å². The van der Waals surface area contributed by atoms with Crippen LogP contribution in [0.4, 0.5) is 0 Å². The summed E-state index contributed by atoms with van der Waals surface area (Å²) in [5.41, 5.74) is 2.54. The van der Waals surface area contributed by atoms with Crippen LogP contribution < -0.4 is 5.32 Å². The first-order chi connectivity index (χ1) is 12.5. The van der Waals surface area contributed by atoms with Gasteiger partial charge in [0.05, 0.1) is 18.3 Å². The third-order valence-corrected chi connectivity index (χ3v) is 3.69. The zero-order valence-corrected chi connectivity index (χ0v) is 15.2. The van der Waals surface area contributed by atoms with E-state index in [1.807, 2.05) is 56.3 Å². The lowest BCUT2D eigenvalue weighted by atomic mass is 10.1. The van der Waals surface area contributed by atoms with Gasteiger partial charge in [0, 0.05) is 6.54 Å². The van der Waals surface area contributed by atoms with Gasteiger partial charge in [-0.25, -0.2) is 4.79 Å². The fourth-order valence-corrected chi connectivity index (χ4v) is 2.26. The fourth-order valence-electron chi connectivity index (χ4n) is 2.26. The second-order valence-corrected chi connectivity index (χ2v) is 6.22. The predicted octanol–water partition coefficient (Wildman–Crippen LogP) is 3.13. The van der Waals surface area contributed by atoms with Crippen LogP contribution in [0.3, 0.4) is 0 Å². The van der Waals surface area contributed by atoms with Gasteiger partial charge in [0.25, 0.3) is 5.91 Å². The Balaban J connectivity index is 1.69. The number of nitrogens with one attached hydrogen (secondary N) is 1. The molecule has 0 aliphatic carbocycles. The van der Waals surface area contributed by atoms with Gasteiger partial charge in [0.1, 0.15) is 0 Å². The summed E-state index contributed by atoms with van der Waals surface area (Å²) in [7, 11) is 0. The third kappa shape index (κ3) is 7.07. The summed E-state index contributed by atoms with van der Waals surface area (Å²) in [5, 5.41) is 2.74. The van der Waals surface area contributed by atoms with Crippen LogP contribution in [0.2, 0.25) is 0 Å². The normalized spacial score (nSPS) is 10.6. The summed E-state index contributed by atoms with van der Waals surface area (Å²) in [4.78, 5) is 23.8. The summed E-state index contributed by atoms with van der Waals surface area (Å²) in [6.45, 7) is 4.65. The largest absolute Gasteiger partial charge is 0.452 e. The number of hydrogen-bond acceptors (Lipinski definition) is 4. The predicted molar refractivity (Wildman–Crippen MR) is 99.8 cm³/mol. The van der Waals surface area contributed by atoms with E-state index in [2.05, 4.69) is 5.32 Å². The summed E-state index contributed by atoms with van der Waals surface area (Å²) in [5.74, 6) is -0.823. The van der Waals surface area contributed by atoms with Crippen molar-refractivity contribution in [2.24, 2.45) is 0 Å². The zero-order chi connectivity index (χ0) is 18.8. The van der Waals surface area contributed by atoms with Gasteiger partial charge in [0.2, 0.25) is 0 Å². The molecule has 5 nitrogen and oxygen atoms in total. The zero-order valence-electron chi connectivity index (χ0n) is 15.2. The van der Waals surface area contributed by atoms with Gasteiger partial charge in [0.15, 0.2) is 6.61 Å². The number of carbonyl (C=O) groups is 2. The maximum Gasteiger partial charge on any atom is 0.338 e. The van der Waals surface area contributed by atoms with Crippen molar-refractivity contribution in [3.63, 3.8) is 0 Å². The van der Waals surface area contributed by atoms with E-state index in [1.54, 1.807) is 12.1 Å². The molecule has 0 aromatic heterocycles. The van der Waals surface area contributed by atoms with Crippen molar-refractivity contribution in [3.8, 4) is 0 Å². The highest BCUT2D eigenvalue weighted by Gasteiger charge is 2.10. The Labute approximate surface area is 154 Å². The molecule has 0 aliphatic heterocycles. The molecule has 5 heteroatoms. The Bertz CT molecular complexity index is 696. The highest BCUT2D eigenvalue weighted by Crippen LogP contribution is 2.08. The number of amides is 1. The molecule has 0 atom stereocenters. The maximum absolute atomic E-state index is 12.0. The molecule has 0 saturated heterocycles. The van der Waals surface area contributed by atoms with E-state index in [-0.39, 0.29) is 18.6 Å². The summed E-state index contributed by atoms with van der Waals surface area (Å²) in [6, 6.07) is 16.9. The Morgan fingerprint density at radius 1 is 0.962 bits per heavy atom. The lowest BCUT2D eigenvalue weighted by molar-refractivity contribution is -0.124. The van der Waals surface area contributed by atoms with E-state index < -0.39 is 5.97 Å². The molecule has 0 heterocycles. The highest BCUT2D eigenvalue weighted by atomic mass is 16.5. The number of hydrogen-bond donors (Lipinski definition) is 1. The molecule has 0 fully saturated rings. The lowest BCUT2D eigenvalue weighted by Crippen LogP contribution is -2.30. The monoisotopic (exact) mass is 355 g/mol. The number of rotatable bonds is 9. The van der Waals surface area contributed by atoms with Crippen molar-refractivity contribution in [1.29, 1.82) is 0 Å². The number of carbonyl (C=O) groups excluding carboxylic acids is 2. The van der Waals surface area contributed by atoms with Crippen LogP contribution in [0.5, 0.6) is 0 Å². The summed E-state index contributed by atoms with van der Waals surface area (Å²) >= 11 is 0. The van der Waals surface area contributed by atoms with Crippen LogP contribution in [0.25, 0.3) is 0 Å². The standard InChI is InChI=1S/C21H25NO4/c1-16(2)25-14-18-8-10-19(11-9-18)21(24)26-15-20(23)22-13-12-17-6-4-3-5-7-17/h3-11,16H,12-15H2,1-2H3,(H,22,23). The molecular weight excluding hydrogens is 330 g/mol. The third-order valence-electron chi connectivity index (χ3n) is 3.69. The quantitative estimate of drug-likeness (QED) is 0.702.